The molecular formula is C14H15NO. The van der Waals surface area contributed by atoms with E-state index in [1.807, 2.05) is 50.2 Å². The molecule has 82 valence electrons. The van der Waals surface area contributed by atoms with Crippen molar-refractivity contribution < 1.29 is 5.11 Å². The van der Waals surface area contributed by atoms with Gasteiger partial charge in [-0.2, -0.15) is 0 Å². The summed E-state index contributed by atoms with van der Waals surface area (Å²) in [5, 5.41) is 10.2. The van der Waals surface area contributed by atoms with Crippen molar-refractivity contribution in [3.8, 4) is 0 Å². The van der Waals surface area contributed by atoms with Crippen LogP contribution in [0.25, 0.3) is 0 Å². The first-order valence-corrected chi connectivity index (χ1v) is 5.34. The Morgan fingerprint density at radius 1 is 1.00 bits per heavy atom. The molecule has 0 saturated heterocycles. The lowest BCUT2D eigenvalue weighted by Crippen LogP contribution is -2.00. The van der Waals surface area contributed by atoms with Crippen molar-refractivity contribution in [2.75, 3.05) is 0 Å². The van der Waals surface area contributed by atoms with Crippen LogP contribution in [0.3, 0.4) is 0 Å². The first-order chi connectivity index (χ1) is 7.66. The van der Waals surface area contributed by atoms with E-state index in [-0.39, 0.29) is 0 Å². The normalized spacial score (nSPS) is 12.4. The first kappa shape index (κ1) is 10.8. The largest absolute Gasteiger partial charge is 0.384 e. The molecule has 2 rings (SSSR count). The number of benzene rings is 1. The van der Waals surface area contributed by atoms with Crippen LogP contribution < -0.4 is 0 Å². The van der Waals surface area contributed by atoms with Crippen LogP contribution in [0.2, 0.25) is 0 Å². The molecule has 1 heterocycles. The van der Waals surface area contributed by atoms with Crippen LogP contribution in [-0.4, -0.2) is 10.1 Å². The van der Waals surface area contributed by atoms with Gasteiger partial charge < -0.3 is 5.11 Å². The molecule has 0 bridgehead atoms. The quantitative estimate of drug-likeness (QED) is 0.832. The number of rotatable bonds is 2. The first-order valence-electron chi connectivity index (χ1n) is 5.34. The number of aryl methyl sites for hydroxylation is 2. The van der Waals surface area contributed by atoms with Crippen LogP contribution >= 0.6 is 0 Å². The second-order valence-corrected chi connectivity index (χ2v) is 4.04. The molecule has 2 nitrogen and oxygen atoms in total. The standard InChI is InChI=1S/C14H15NO/c1-10-3-5-12(6-4-10)14(16)13-7-8-15-11(2)9-13/h3-9,14,16H,1-2H3. The van der Waals surface area contributed by atoms with Crippen molar-refractivity contribution in [1.82, 2.24) is 4.98 Å². The summed E-state index contributed by atoms with van der Waals surface area (Å²) in [6.45, 7) is 3.96. The zero-order chi connectivity index (χ0) is 11.5. The van der Waals surface area contributed by atoms with Gasteiger partial charge in [0, 0.05) is 11.9 Å². The minimum Gasteiger partial charge on any atom is -0.384 e. The average Bonchev–Trinajstić information content (AvgIpc) is 2.29. The van der Waals surface area contributed by atoms with Gasteiger partial charge in [-0.1, -0.05) is 29.8 Å². The molecule has 0 aliphatic rings. The predicted octanol–water partition coefficient (Wildman–Crippen LogP) is 2.78. The maximum atomic E-state index is 10.2. The minimum absolute atomic E-state index is 0.567. The summed E-state index contributed by atoms with van der Waals surface area (Å²) >= 11 is 0. The SMILES string of the molecule is Cc1ccc(C(O)c2ccnc(C)c2)cc1. The molecule has 2 aromatic rings. The number of pyridine rings is 1. The summed E-state index contributed by atoms with van der Waals surface area (Å²) in [5.74, 6) is 0. The molecule has 0 radical (unpaired) electrons. The third kappa shape index (κ3) is 2.28. The number of hydrogen-bond donors (Lipinski definition) is 1. The molecule has 1 aromatic heterocycles. The molecule has 1 atom stereocenters. The fourth-order valence-corrected chi connectivity index (χ4v) is 1.68. The van der Waals surface area contributed by atoms with Crippen LogP contribution in [0.15, 0.2) is 42.6 Å². The highest BCUT2D eigenvalue weighted by Crippen LogP contribution is 2.21. The minimum atomic E-state index is -0.567. The average molecular weight is 213 g/mol. The third-order valence-electron chi connectivity index (χ3n) is 2.63. The summed E-state index contributed by atoms with van der Waals surface area (Å²) in [7, 11) is 0. The summed E-state index contributed by atoms with van der Waals surface area (Å²) in [6, 6.07) is 11.7. The third-order valence-corrected chi connectivity index (χ3v) is 2.63. The Kier molecular flexibility index (Phi) is 3.02. The van der Waals surface area contributed by atoms with Gasteiger partial charge in [-0.05, 0) is 37.1 Å². The highest BCUT2D eigenvalue weighted by atomic mass is 16.3. The lowest BCUT2D eigenvalue weighted by atomic mass is 10.0. The predicted molar refractivity (Wildman–Crippen MR) is 64.2 cm³/mol. The lowest BCUT2D eigenvalue weighted by molar-refractivity contribution is 0.220. The second kappa shape index (κ2) is 4.45. The Balaban J connectivity index is 2.31. The van der Waals surface area contributed by atoms with E-state index >= 15 is 0 Å². The molecule has 0 aliphatic heterocycles. The van der Waals surface area contributed by atoms with Gasteiger partial charge in [-0.3, -0.25) is 4.98 Å². The molecule has 0 fully saturated rings. The second-order valence-electron chi connectivity index (χ2n) is 4.04. The number of hydrogen-bond acceptors (Lipinski definition) is 2. The van der Waals surface area contributed by atoms with Crippen LogP contribution in [0, 0.1) is 13.8 Å². The molecule has 0 spiro atoms. The van der Waals surface area contributed by atoms with Gasteiger partial charge in [-0.25, -0.2) is 0 Å². The fraction of sp³-hybridized carbons (Fsp3) is 0.214. The lowest BCUT2D eigenvalue weighted by Gasteiger charge is -2.11. The molecule has 1 aromatic carbocycles. The van der Waals surface area contributed by atoms with E-state index in [9.17, 15) is 5.11 Å². The van der Waals surface area contributed by atoms with E-state index in [4.69, 9.17) is 0 Å². The van der Waals surface area contributed by atoms with Crippen molar-refractivity contribution >= 4 is 0 Å². The summed E-state index contributed by atoms with van der Waals surface area (Å²) in [6.07, 6.45) is 1.16. The summed E-state index contributed by atoms with van der Waals surface area (Å²) in [5.41, 5.74) is 3.91. The molecule has 1 unspecified atom stereocenters. The highest BCUT2D eigenvalue weighted by Gasteiger charge is 2.09. The summed E-state index contributed by atoms with van der Waals surface area (Å²) in [4.78, 5) is 4.12. The Morgan fingerprint density at radius 3 is 2.31 bits per heavy atom. The highest BCUT2D eigenvalue weighted by molar-refractivity contribution is 5.31. The van der Waals surface area contributed by atoms with E-state index in [2.05, 4.69) is 4.98 Å². The van der Waals surface area contributed by atoms with E-state index in [0.717, 1.165) is 16.8 Å². The molecule has 16 heavy (non-hydrogen) atoms. The van der Waals surface area contributed by atoms with Gasteiger partial charge in [0.2, 0.25) is 0 Å². The smallest absolute Gasteiger partial charge is 0.104 e. The number of aliphatic hydroxyl groups excluding tert-OH is 1. The monoisotopic (exact) mass is 213 g/mol. The van der Waals surface area contributed by atoms with Crippen molar-refractivity contribution in [2.45, 2.75) is 20.0 Å². The van der Waals surface area contributed by atoms with Crippen LogP contribution in [-0.2, 0) is 0 Å². The Morgan fingerprint density at radius 2 is 1.69 bits per heavy atom. The van der Waals surface area contributed by atoms with Crippen LogP contribution in [0.5, 0.6) is 0 Å². The van der Waals surface area contributed by atoms with Gasteiger partial charge in [0.05, 0.1) is 0 Å². The number of aliphatic hydroxyl groups is 1. The Hall–Kier alpha value is -1.67. The van der Waals surface area contributed by atoms with Crippen molar-refractivity contribution in [3.05, 3.63) is 65.0 Å². The Labute approximate surface area is 95.6 Å². The van der Waals surface area contributed by atoms with Crippen molar-refractivity contribution in [1.29, 1.82) is 0 Å². The maximum Gasteiger partial charge on any atom is 0.104 e. The molecule has 0 aliphatic carbocycles. The van der Waals surface area contributed by atoms with Gasteiger partial charge in [-0.15, -0.1) is 0 Å². The number of nitrogens with zero attached hydrogens (tertiary/aromatic N) is 1. The van der Waals surface area contributed by atoms with E-state index < -0.39 is 6.10 Å². The molecule has 2 heteroatoms. The van der Waals surface area contributed by atoms with E-state index in [1.54, 1.807) is 6.20 Å². The number of aromatic nitrogens is 1. The molecular weight excluding hydrogens is 198 g/mol. The topological polar surface area (TPSA) is 33.1 Å². The maximum absolute atomic E-state index is 10.2. The molecule has 0 saturated carbocycles. The molecule has 0 amide bonds. The van der Waals surface area contributed by atoms with Gasteiger partial charge in [0.25, 0.3) is 0 Å². The van der Waals surface area contributed by atoms with E-state index in [1.165, 1.54) is 5.56 Å². The van der Waals surface area contributed by atoms with Gasteiger partial charge in [0.1, 0.15) is 6.10 Å². The van der Waals surface area contributed by atoms with Crippen molar-refractivity contribution in [2.24, 2.45) is 0 Å². The van der Waals surface area contributed by atoms with Crippen LogP contribution in [0.1, 0.15) is 28.5 Å². The van der Waals surface area contributed by atoms with Crippen LogP contribution in [0.4, 0.5) is 0 Å². The zero-order valence-corrected chi connectivity index (χ0v) is 9.51. The van der Waals surface area contributed by atoms with Crippen molar-refractivity contribution in [3.63, 3.8) is 0 Å². The summed E-state index contributed by atoms with van der Waals surface area (Å²) < 4.78 is 0. The van der Waals surface area contributed by atoms with Gasteiger partial charge >= 0.3 is 0 Å². The van der Waals surface area contributed by atoms with E-state index in [0.29, 0.717) is 0 Å². The van der Waals surface area contributed by atoms with Gasteiger partial charge in [0.15, 0.2) is 0 Å². The Bertz CT molecular complexity index is 476. The zero-order valence-electron chi connectivity index (χ0n) is 9.51. The molecule has 1 N–H and O–H groups in total. The fourth-order valence-electron chi connectivity index (χ4n) is 1.68.